The van der Waals surface area contributed by atoms with Crippen LogP contribution in [0.15, 0.2) is 18.2 Å². The minimum absolute atomic E-state index is 0.0690. The maximum Gasteiger partial charge on any atom is 0.277 e. The van der Waals surface area contributed by atoms with Gasteiger partial charge in [-0.2, -0.15) is 0 Å². The number of nitrogens with one attached hydrogen (secondary N) is 1. The van der Waals surface area contributed by atoms with E-state index in [0.717, 1.165) is 37.5 Å². The molecule has 0 saturated carbocycles. The highest BCUT2D eigenvalue weighted by Crippen LogP contribution is 2.22. The molecule has 0 atom stereocenters. The lowest BCUT2D eigenvalue weighted by molar-refractivity contribution is -0.394. The van der Waals surface area contributed by atoms with E-state index in [-0.39, 0.29) is 5.56 Å². The van der Waals surface area contributed by atoms with E-state index in [9.17, 15) is 25.0 Å². The monoisotopic (exact) mass is 351 g/mol. The summed E-state index contributed by atoms with van der Waals surface area (Å²) in [4.78, 5) is 32.2. The molecule has 138 valence electrons. The predicted octanol–water partition coefficient (Wildman–Crippen LogP) is 4.37. The van der Waals surface area contributed by atoms with Gasteiger partial charge in [-0.3, -0.25) is 25.0 Å². The van der Waals surface area contributed by atoms with E-state index in [0.29, 0.717) is 6.54 Å². The standard InChI is InChI=1S/C17H25N3O5/c1-2-3-4-5-6-7-8-9-10-18-17(21)14-11-15(19(22)23)13-16(12-14)20(24)25/h11-13H,2-10H2,1H3,(H,18,21). The number of amides is 1. The number of carbonyl (C=O) groups excluding carboxylic acids is 1. The molecule has 0 spiro atoms. The molecule has 1 aromatic carbocycles. The molecule has 0 unspecified atom stereocenters. The highest BCUT2D eigenvalue weighted by Gasteiger charge is 2.19. The molecule has 1 aromatic rings. The van der Waals surface area contributed by atoms with Crippen molar-refractivity contribution in [3.63, 3.8) is 0 Å². The predicted molar refractivity (Wildman–Crippen MR) is 94.7 cm³/mol. The Balaban J connectivity index is 2.42. The first kappa shape index (κ1) is 20.5. The minimum atomic E-state index is -0.748. The van der Waals surface area contributed by atoms with Crippen molar-refractivity contribution in [2.45, 2.75) is 58.3 Å². The smallest absolute Gasteiger partial charge is 0.277 e. The van der Waals surface area contributed by atoms with Gasteiger partial charge in [0.05, 0.1) is 21.5 Å². The van der Waals surface area contributed by atoms with E-state index in [2.05, 4.69) is 12.2 Å². The number of non-ortho nitro benzene ring substituents is 2. The molecule has 0 aromatic heterocycles. The second-order valence-electron chi connectivity index (χ2n) is 5.98. The lowest BCUT2D eigenvalue weighted by Crippen LogP contribution is -2.24. The average molecular weight is 351 g/mol. The Morgan fingerprint density at radius 2 is 1.36 bits per heavy atom. The van der Waals surface area contributed by atoms with Crippen molar-refractivity contribution in [2.75, 3.05) is 6.54 Å². The van der Waals surface area contributed by atoms with Crippen LogP contribution in [0.5, 0.6) is 0 Å². The molecule has 0 aliphatic rings. The van der Waals surface area contributed by atoms with Crippen molar-refractivity contribution in [2.24, 2.45) is 0 Å². The van der Waals surface area contributed by atoms with E-state index < -0.39 is 27.1 Å². The lowest BCUT2D eigenvalue weighted by atomic mass is 10.1. The Labute approximate surface area is 146 Å². The summed E-state index contributed by atoms with van der Waals surface area (Å²) >= 11 is 0. The van der Waals surface area contributed by atoms with Crippen LogP contribution < -0.4 is 5.32 Å². The summed E-state index contributed by atoms with van der Waals surface area (Å²) in [5, 5.41) is 24.3. The number of hydrogen-bond donors (Lipinski definition) is 1. The van der Waals surface area contributed by atoms with E-state index in [4.69, 9.17) is 0 Å². The fourth-order valence-electron chi connectivity index (χ4n) is 2.50. The van der Waals surface area contributed by atoms with Gasteiger partial charge in [-0.25, -0.2) is 0 Å². The van der Waals surface area contributed by atoms with E-state index in [1.807, 2.05) is 0 Å². The number of rotatable bonds is 12. The summed E-state index contributed by atoms with van der Waals surface area (Å²) < 4.78 is 0. The molecule has 8 heteroatoms. The minimum Gasteiger partial charge on any atom is -0.352 e. The Morgan fingerprint density at radius 3 is 1.84 bits per heavy atom. The third-order valence-electron chi connectivity index (χ3n) is 3.90. The summed E-state index contributed by atoms with van der Waals surface area (Å²) in [6.45, 7) is 2.63. The molecule has 25 heavy (non-hydrogen) atoms. The first-order valence-corrected chi connectivity index (χ1v) is 8.67. The second-order valence-corrected chi connectivity index (χ2v) is 5.98. The number of nitro groups is 2. The second kappa shape index (κ2) is 11.1. The van der Waals surface area contributed by atoms with E-state index >= 15 is 0 Å². The van der Waals surface area contributed by atoms with Gasteiger partial charge in [0, 0.05) is 18.7 Å². The summed E-state index contributed by atoms with van der Waals surface area (Å²) in [5.41, 5.74) is -1.00. The van der Waals surface area contributed by atoms with Crippen molar-refractivity contribution < 1.29 is 14.6 Å². The van der Waals surface area contributed by atoms with E-state index in [1.165, 1.54) is 32.1 Å². The number of unbranched alkanes of at least 4 members (excludes halogenated alkanes) is 7. The van der Waals surface area contributed by atoms with Crippen LogP contribution in [-0.4, -0.2) is 22.3 Å². The quantitative estimate of drug-likeness (QED) is 0.341. The molecule has 0 bridgehead atoms. The Morgan fingerprint density at radius 1 is 0.880 bits per heavy atom. The summed E-state index contributed by atoms with van der Waals surface area (Å²) in [6, 6.07) is 2.95. The SMILES string of the molecule is CCCCCCCCCCNC(=O)c1cc([N+](=O)[O-])cc([N+](=O)[O-])c1. The molecule has 0 aliphatic carbocycles. The van der Waals surface area contributed by atoms with Crippen LogP contribution in [0.25, 0.3) is 0 Å². The van der Waals surface area contributed by atoms with Crippen LogP contribution in [0.4, 0.5) is 11.4 Å². The van der Waals surface area contributed by atoms with Gasteiger partial charge in [0.1, 0.15) is 0 Å². The average Bonchev–Trinajstić information content (AvgIpc) is 2.59. The molecule has 0 aliphatic heterocycles. The Kier molecular flexibility index (Phi) is 9.13. The van der Waals surface area contributed by atoms with Crippen molar-refractivity contribution in [1.82, 2.24) is 5.32 Å². The number of carbonyl (C=O) groups is 1. The zero-order chi connectivity index (χ0) is 18.7. The fraction of sp³-hybridized carbons (Fsp3) is 0.588. The van der Waals surface area contributed by atoms with Gasteiger partial charge in [0.25, 0.3) is 17.3 Å². The molecule has 0 saturated heterocycles. The molecule has 1 N–H and O–H groups in total. The third-order valence-corrected chi connectivity index (χ3v) is 3.90. The number of benzene rings is 1. The molecule has 0 fully saturated rings. The first-order chi connectivity index (χ1) is 12.0. The normalized spacial score (nSPS) is 10.4. The molecule has 1 amide bonds. The summed E-state index contributed by atoms with van der Waals surface area (Å²) in [5.74, 6) is -0.533. The maximum absolute atomic E-state index is 12.0. The number of hydrogen-bond acceptors (Lipinski definition) is 5. The highest BCUT2D eigenvalue weighted by atomic mass is 16.6. The van der Waals surface area contributed by atoms with Crippen LogP contribution in [-0.2, 0) is 0 Å². The molecule has 1 rings (SSSR count). The zero-order valence-corrected chi connectivity index (χ0v) is 14.5. The van der Waals surface area contributed by atoms with Gasteiger partial charge in [-0.05, 0) is 6.42 Å². The zero-order valence-electron chi connectivity index (χ0n) is 14.5. The van der Waals surface area contributed by atoms with Crippen molar-refractivity contribution >= 4 is 17.3 Å². The Hall–Kier alpha value is -2.51. The van der Waals surface area contributed by atoms with Gasteiger partial charge < -0.3 is 5.32 Å². The van der Waals surface area contributed by atoms with Gasteiger partial charge in [0.2, 0.25) is 0 Å². The summed E-state index contributed by atoms with van der Waals surface area (Å²) in [6.07, 6.45) is 9.11. The van der Waals surface area contributed by atoms with Crippen LogP contribution in [0, 0.1) is 20.2 Å². The largest absolute Gasteiger partial charge is 0.352 e. The molecule has 8 nitrogen and oxygen atoms in total. The van der Waals surface area contributed by atoms with E-state index in [1.54, 1.807) is 0 Å². The van der Waals surface area contributed by atoms with Gasteiger partial charge >= 0.3 is 0 Å². The molecular formula is C17H25N3O5. The van der Waals surface area contributed by atoms with Crippen LogP contribution in [0.3, 0.4) is 0 Å². The Bertz CT molecular complexity index is 572. The molecule has 0 heterocycles. The molecule has 0 radical (unpaired) electrons. The van der Waals surface area contributed by atoms with Crippen LogP contribution >= 0.6 is 0 Å². The van der Waals surface area contributed by atoms with Crippen molar-refractivity contribution in [1.29, 1.82) is 0 Å². The third kappa shape index (κ3) is 7.73. The highest BCUT2D eigenvalue weighted by molar-refractivity contribution is 5.95. The lowest BCUT2D eigenvalue weighted by Gasteiger charge is -2.06. The maximum atomic E-state index is 12.0. The number of nitrogens with zero attached hydrogens (tertiary/aromatic N) is 2. The van der Waals surface area contributed by atoms with Crippen LogP contribution in [0.2, 0.25) is 0 Å². The van der Waals surface area contributed by atoms with Gasteiger partial charge in [-0.15, -0.1) is 0 Å². The summed E-state index contributed by atoms with van der Waals surface area (Å²) in [7, 11) is 0. The first-order valence-electron chi connectivity index (χ1n) is 8.67. The van der Waals surface area contributed by atoms with Crippen molar-refractivity contribution in [3.8, 4) is 0 Å². The molecular weight excluding hydrogens is 326 g/mol. The van der Waals surface area contributed by atoms with Gasteiger partial charge in [0.15, 0.2) is 0 Å². The van der Waals surface area contributed by atoms with Crippen LogP contribution in [0.1, 0.15) is 68.6 Å². The van der Waals surface area contributed by atoms with Crippen molar-refractivity contribution in [3.05, 3.63) is 44.0 Å². The fourth-order valence-corrected chi connectivity index (χ4v) is 2.50. The topological polar surface area (TPSA) is 115 Å². The van der Waals surface area contributed by atoms with Gasteiger partial charge in [-0.1, -0.05) is 51.9 Å². The number of nitro benzene ring substituents is 2.